The first-order valence-electron chi connectivity index (χ1n) is 9.60. The molecule has 2 fully saturated rings. The first-order chi connectivity index (χ1) is 12.8. The van der Waals surface area contributed by atoms with Gasteiger partial charge in [-0.05, 0) is 56.1 Å². The van der Waals surface area contributed by atoms with Gasteiger partial charge in [0.15, 0.2) is 6.61 Å². The molecule has 1 unspecified atom stereocenters. The highest BCUT2D eigenvalue weighted by atomic mass is 16.5. The van der Waals surface area contributed by atoms with Gasteiger partial charge in [-0.2, -0.15) is 0 Å². The maximum atomic E-state index is 12.8. The number of para-hydroxylation sites is 1. The van der Waals surface area contributed by atoms with E-state index in [1.807, 2.05) is 18.2 Å². The Hall–Kier alpha value is -2.08. The highest BCUT2D eigenvalue weighted by molar-refractivity contribution is 5.94. The van der Waals surface area contributed by atoms with Crippen LogP contribution in [0, 0.1) is 0 Å². The summed E-state index contributed by atoms with van der Waals surface area (Å²) in [5.74, 6) is 1.19. The lowest BCUT2D eigenvalue weighted by Gasteiger charge is -2.37. The molecule has 26 heavy (non-hydrogen) atoms. The molecule has 0 aromatic heterocycles. The van der Waals surface area contributed by atoms with Gasteiger partial charge >= 0.3 is 0 Å². The zero-order valence-corrected chi connectivity index (χ0v) is 15.0. The minimum atomic E-state index is -0.293. The summed E-state index contributed by atoms with van der Waals surface area (Å²) in [4.78, 5) is 14.6. The summed E-state index contributed by atoms with van der Waals surface area (Å²) >= 11 is 0. The molecule has 3 heterocycles. The van der Waals surface area contributed by atoms with Gasteiger partial charge in [0.2, 0.25) is 0 Å². The van der Waals surface area contributed by atoms with Crippen LogP contribution in [0.3, 0.4) is 0 Å². The van der Waals surface area contributed by atoms with Crippen LogP contribution in [0.15, 0.2) is 29.4 Å². The fourth-order valence-electron chi connectivity index (χ4n) is 4.47. The SMILES string of the molecule is O=C1COc2ccccc2C2CCC(CC2)OCC2/C(=N\O)CCCN12. The van der Waals surface area contributed by atoms with Crippen LogP contribution in [0.25, 0.3) is 0 Å². The van der Waals surface area contributed by atoms with Crippen molar-refractivity contribution in [2.24, 2.45) is 5.16 Å². The number of nitrogens with zero attached hydrogens (tertiary/aromatic N) is 2. The van der Waals surface area contributed by atoms with E-state index in [2.05, 4.69) is 11.2 Å². The summed E-state index contributed by atoms with van der Waals surface area (Å²) in [6, 6.07) is 7.77. The second-order valence-electron chi connectivity index (χ2n) is 7.43. The van der Waals surface area contributed by atoms with Gasteiger partial charge < -0.3 is 19.6 Å². The molecule has 1 atom stereocenters. The van der Waals surface area contributed by atoms with E-state index in [0.717, 1.165) is 37.9 Å². The van der Waals surface area contributed by atoms with Crippen molar-refractivity contribution in [1.29, 1.82) is 0 Å². The number of benzene rings is 1. The molecule has 1 aromatic carbocycles. The van der Waals surface area contributed by atoms with E-state index in [1.54, 1.807) is 4.90 Å². The molecule has 1 aliphatic carbocycles. The average Bonchev–Trinajstić information content (AvgIpc) is 2.71. The lowest BCUT2D eigenvalue weighted by Crippen LogP contribution is -2.53. The van der Waals surface area contributed by atoms with Crippen LogP contribution in [0.5, 0.6) is 5.75 Å². The fraction of sp³-hybridized carbons (Fsp3) is 0.600. The molecule has 1 aromatic rings. The molecule has 2 bridgehead atoms. The molecule has 140 valence electrons. The first kappa shape index (κ1) is 17.3. The molecule has 6 nitrogen and oxygen atoms in total. The Labute approximate surface area is 153 Å². The van der Waals surface area contributed by atoms with Gasteiger partial charge in [0, 0.05) is 6.54 Å². The second-order valence-corrected chi connectivity index (χ2v) is 7.43. The van der Waals surface area contributed by atoms with Gasteiger partial charge in [-0.25, -0.2) is 0 Å². The van der Waals surface area contributed by atoms with Gasteiger partial charge in [0.05, 0.1) is 24.5 Å². The van der Waals surface area contributed by atoms with Crippen LogP contribution < -0.4 is 4.74 Å². The smallest absolute Gasteiger partial charge is 0.261 e. The van der Waals surface area contributed by atoms with Crippen LogP contribution in [0.1, 0.15) is 50.0 Å². The minimum absolute atomic E-state index is 0.00235. The topological polar surface area (TPSA) is 71.4 Å². The van der Waals surface area contributed by atoms with Gasteiger partial charge in [-0.15, -0.1) is 0 Å². The zero-order chi connectivity index (χ0) is 17.9. The molecule has 0 radical (unpaired) electrons. The number of oxime groups is 1. The number of fused-ring (bicyclic) bond motifs is 5. The quantitative estimate of drug-likeness (QED) is 0.572. The normalized spacial score (nSPS) is 31.2. The van der Waals surface area contributed by atoms with Crippen molar-refractivity contribution >= 4 is 11.6 Å². The molecule has 1 saturated heterocycles. The molecule has 3 aliphatic heterocycles. The van der Waals surface area contributed by atoms with Crippen molar-refractivity contribution in [3.8, 4) is 5.75 Å². The molecule has 4 aliphatic rings. The predicted octanol–water partition coefficient (Wildman–Crippen LogP) is 2.94. The van der Waals surface area contributed by atoms with Crippen molar-refractivity contribution in [2.45, 2.75) is 56.6 Å². The molecule has 1 amide bonds. The number of piperidine rings is 1. The molecule has 6 heteroatoms. The Bertz CT molecular complexity index is 682. The molecule has 1 N–H and O–H groups in total. The Morgan fingerprint density at radius 1 is 1.15 bits per heavy atom. The average molecular weight is 358 g/mol. The molecule has 5 rings (SSSR count). The van der Waals surface area contributed by atoms with E-state index in [4.69, 9.17) is 9.47 Å². The van der Waals surface area contributed by atoms with Crippen molar-refractivity contribution in [2.75, 3.05) is 19.8 Å². The maximum Gasteiger partial charge on any atom is 0.261 e. The number of carbonyl (C=O) groups is 1. The molecular formula is C20H26N2O4. The Morgan fingerprint density at radius 3 is 2.77 bits per heavy atom. The first-order valence-corrected chi connectivity index (χ1v) is 9.60. The number of amides is 1. The third-order valence-electron chi connectivity index (χ3n) is 5.92. The summed E-state index contributed by atoms with van der Waals surface area (Å²) in [6.07, 6.45) is 5.84. The van der Waals surface area contributed by atoms with E-state index in [9.17, 15) is 10.0 Å². The van der Waals surface area contributed by atoms with E-state index >= 15 is 0 Å². The van der Waals surface area contributed by atoms with Crippen molar-refractivity contribution in [3.05, 3.63) is 29.8 Å². The van der Waals surface area contributed by atoms with Gasteiger partial charge in [-0.1, -0.05) is 23.4 Å². The van der Waals surface area contributed by atoms with Gasteiger partial charge in [0.25, 0.3) is 5.91 Å². The van der Waals surface area contributed by atoms with E-state index in [0.29, 0.717) is 31.2 Å². The summed E-state index contributed by atoms with van der Waals surface area (Å²) in [7, 11) is 0. The second kappa shape index (κ2) is 7.66. The number of ether oxygens (including phenoxy) is 2. The number of carbonyl (C=O) groups excluding carboxylic acids is 1. The Kier molecular flexibility index (Phi) is 5.11. The summed E-state index contributed by atoms with van der Waals surface area (Å²) < 4.78 is 12.1. The van der Waals surface area contributed by atoms with Crippen molar-refractivity contribution in [3.63, 3.8) is 0 Å². The van der Waals surface area contributed by atoms with Crippen molar-refractivity contribution < 1.29 is 19.5 Å². The number of rotatable bonds is 0. The highest BCUT2D eigenvalue weighted by Crippen LogP contribution is 2.38. The third-order valence-corrected chi connectivity index (χ3v) is 5.92. The highest BCUT2D eigenvalue weighted by Gasteiger charge is 2.34. The monoisotopic (exact) mass is 358 g/mol. The van der Waals surface area contributed by atoms with Crippen LogP contribution >= 0.6 is 0 Å². The van der Waals surface area contributed by atoms with Crippen LogP contribution in [-0.2, 0) is 9.53 Å². The molecule has 0 spiro atoms. The van der Waals surface area contributed by atoms with E-state index in [1.165, 1.54) is 5.56 Å². The molecular weight excluding hydrogens is 332 g/mol. The predicted molar refractivity (Wildman–Crippen MR) is 96.8 cm³/mol. The zero-order valence-electron chi connectivity index (χ0n) is 15.0. The number of hydrogen-bond acceptors (Lipinski definition) is 5. The summed E-state index contributed by atoms with van der Waals surface area (Å²) in [6.45, 7) is 1.04. The van der Waals surface area contributed by atoms with E-state index < -0.39 is 0 Å². The van der Waals surface area contributed by atoms with Gasteiger partial charge in [0.1, 0.15) is 5.75 Å². The third kappa shape index (κ3) is 3.43. The van der Waals surface area contributed by atoms with E-state index in [-0.39, 0.29) is 24.7 Å². The minimum Gasteiger partial charge on any atom is -0.483 e. The summed E-state index contributed by atoms with van der Waals surface area (Å²) in [5.41, 5.74) is 1.83. The summed E-state index contributed by atoms with van der Waals surface area (Å²) in [5, 5.41) is 12.8. The lowest BCUT2D eigenvalue weighted by molar-refractivity contribution is -0.136. The molecule has 1 saturated carbocycles. The largest absolute Gasteiger partial charge is 0.483 e. The Morgan fingerprint density at radius 2 is 1.96 bits per heavy atom. The van der Waals surface area contributed by atoms with Crippen LogP contribution in [0.2, 0.25) is 0 Å². The van der Waals surface area contributed by atoms with Crippen molar-refractivity contribution in [1.82, 2.24) is 4.90 Å². The number of hydrogen-bond donors (Lipinski definition) is 1. The van der Waals surface area contributed by atoms with Crippen LogP contribution in [0.4, 0.5) is 0 Å². The standard InChI is InChI=1S/C20H26N2O4/c23-20-13-26-19-6-2-1-4-16(19)14-7-9-15(10-8-14)25-12-18-17(21-24)5-3-11-22(18)20/h1-2,4,6,14-15,18,24H,3,5,7-13H2/b21-17-. The fourth-order valence-corrected chi connectivity index (χ4v) is 4.47. The lowest BCUT2D eigenvalue weighted by atomic mass is 9.82. The van der Waals surface area contributed by atoms with Crippen LogP contribution in [-0.4, -0.2) is 53.6 Å². The van der Waals surface area contributed by atoms with Gasteiger partial charge in [-0.3, -0.25) is 4.79 Å². The Balaban J connectivity index is 1.63. The maximum absolute atomic E-state index is 12.8.